The van der Waals surface area contributed by atoms with Crippen molar-refractivity contribution in [2.24, 2.45) is 0 Å². The maximum absolute atomic E-state index is 14.8. The van der Waals surface area contributed by atoms with Gasteiger partial charge in [-0.15, -0.1) is 20.4 Å². The number of carboxylic acids is 2. The average molecular weight is 2290 g/mol. The van der Waals surface area contributed by atoms with Crippen LogP contribution in [0, 0.1) is 29.1 Å². The molecule has 29 nitrogen and oxygen atoms in total. The summed E-state index contributed by atoms with van der Waals surface area (Å²) in [5, 5.41) is 34.2. The fourth-order valence-corrected chi connectivity index (χ4v) is 16.6. The van der Waals surface area contributed by atoms with Gasteiger partial charge >= 0.3 is 79.2 Å². The Morgan fingerprint density at radius 1 is 0.356 bits per heavy atom. The first-order valence-corrected chi connectivity index (χ1v) is 47.6. The molecule has 0 aliphatic heterocycles. The maximum Gasteiger partial charge on any atom is 1.00 e. The van der Waals surface area contributed by atoms with E-state index in [4.69, 9.17) is 127 Å². The van der Waals surface area contributed by atoms with Crippen LogP contribution in [0.1, 0.15) is 208 Å². The maximum atomic E-state index is 14.8. The number of amides is 2. The Balaban J connectivity index is 0.000000256. The third-order valence-electron chi connectivity index (χ3n) is 19.1. The number of fused-ring (bicyclic) bond motifs is 3. The Hall–Kier alpha value is -11.6. The molecule has 8 aromatic heterocycles. The number of carbonyl (C=O) groups is 9. The first-order chi connectivity index (χ1) is 68.0. The number of aromatic nitrogens is 10. The summed E-state index contributed by atoms with van der Waals surface area (Å²) in [7, 11) is 0. The van der Waals surface area contributed by atoms with Gasteiger partial charge in [-0.2, -0.15) is 39.5 Å². The van der Waals surface area contributed by atoms with Gasteiger partial charge in [0.2, 0.25) is 0 Å². The minimum atomic E-state index is -4.67. The van der Waals surface area contributed by atoms with Crippen LogP contribution >= 0.6 is 115 Å². The molecule has 0 saturated carbocycles. The van der Waals surface area contributed by atoms with Crippen LogP contribution in [0.25, 0.3) is 59.5 Å². The molecule has 0 aliphatic rings. The van der Waals surface area contributed by atoms with Gasteiger partial charge in [-0.1, -0.05) is 115 Å². The molecule has 0 spiro atoms. The molecule has 0 atom stereocenters. The van der Waals surface area contributed by atoms with E-state index in [0.717, 1.165) is 90.9 Å². The van der Waals surface area contributed by atoms with E-state index < -0.39 is 140 Å². The fraction of sp³-hybridized carbons (Fsp3) is 0.326. The van der Waals surface area contributed by atoms with Crippen molar-refractivity contribution in [1.82, 2.24) is 59.4 Å². The number of hydrogen-bond donors (Lipinski definition) is 4. The van der Waals surface area contributed by atoms with E-state index in [-0.39, 0.29) is 245 Å². The Morgan fingerprint density at radius 2 is 0.638 bits per heavy atom. The standard InChI is InChI=1S/C23H20Cl2F4N4O4.C23H18Cl2F4N4O2S.C19H10Cl2F4N4O2S.C16H20ClFO4.C14H16ClFO4.Li.H2O/c1-22(2,3)37-18(34)5-4-11-6-14(24)13(8-16(11)26)20(35)31-32-21(36)17-10-33-9-12(23(27,28)29)7-15(25)19(33)30-17;1-22(2,3)35-18(34)5-4-11-6-14(24)13(8-16(11)26)20-31-32-21(36-20)17-10-33-9-12(23(27,28)29)7-15(25)19(33)30-17;20-11-3-8(1-2-15(30)31)13(22)5-10(11)17-27-28-18(32-17)14-7-29-6-9(19(23,24)25)4-12(21)16(29)26-14;1-5-21-15(20)11-9-13(18)10(8-12(11)17)6-7-14(19)22-16(2,3)4;1-14(2,3)20-12(17)5-4-8-6-10(15)9(13(18)19)7-11(8)16;;/h6-10H,4-5H2,1-3H3,(H,31,35)(H,32,36);6-10H,4-5H2,1-3H3;3-7H,1-2H2,(H,30,31);8-9H,5-7H2,1-4H3;6-7H,4-5H2,1-3H3,(H,18,19);;1H2/q;;;;;+1;/p-1. The first-order valence-electron chi connectivity index (χ1n) is 43.0. The SMILES string of the molecule is CC(C)(C)OC(=O)CCc1cc(Cl)c(-c2nnc(-c3cn4cc(C(F)(F)F)cc(Cl)c4n3)s2)cc1F.CC(C)(C)OC(=O)CCc1cc(Cl)c(C(=O)NNC(=O)c2cn3cc(C(F)(F)F)cc(Cl)c3n2)cc1F.CC(C)(C)OC(=O)CCc1cc(Cl)c(C(=O)O)cc1F.CCOC(=O)c1cc(F)c(CCC(=O)OC(C)(C)C)cc1Cl.O=C(O)CCc1cc(Cl)c(-c2nnc(-c3cn4cc(C(F)(F)F)cc(Cl)c4n3)s2)cc1F.[Li+].[OH-]. The number of benzene rings is 5. The molecule has 13 rings (SSSR count). The zero-order valence-electron chi connectivity index (χ0n) is 80.4. The molecular weight excluding hydrogens is 2200 g/mol. The van der Waals surface area contributed by atoms with Gasteiger partial charge in [0.15, 0.2) is 27.0 Å². The van der Waals surface area contributed by atoms with Crippen molar-refractivity contribution >= 4 is 186 Å². The summed E-state index contributed by atoms with van der Waals surface area (Å²) >= 11 is 50.3. The molecular formula is C95H85Cl8F14LiN12O17S2. The van der Waals surface area contributed by atoms with E-state index in [9.17, 15) is 105 Å². The molecule has 0 saturated heterocycles. The van der Waals surface area contributed by atoms with Gasteiger partial charge in [-0.05, 0) is 229 Å². The van der Waals surface area contributed by atoms with Crippen molar-refractivity contribution in [3.8, 4) is 42.5 Å². The molecule has 5 N–H and O–H groups in total. The van der Waals surface area contributed by atoms with Crippen LogP contribution in [-0.4, -0.2) is 147 Å². The first kappa shape index (κ1) is 124. The molecule has 54 heteroatoms. The van der Waals surface area contributed by atoms with Crippen LogP contribution in [-0.2, 0) is 98.3 Å². The summed E-state index contributed by atoms with van der Waals surface area (Å²) in [6, 6.07) is 13.8. The Morgan fingerprint density at radius 3 is 0.960 bits per heavy atom. The second-order valence-electron chi connectivity index (χ2n) is 35.4. The van der Waals surface area contributed by atoms with Crippen molar-refractivity contribution in [3.63, 3.8) is 0 Å². The summed E-state index contributed by atoms with van der Waals surface area (Å²) in [5.41, 5.74) is -0.319. The Bertz CT molecular complexity index is 7190. The molecule has 13 aromatic rings. The number of nitrogens with zero attached hydrogens (tertiary/aromatic N) is 10. The third-order valence-corrected chi connectivity index (χ3v) is 23.5. The summed E-state index contributed by atoms with van der Waals surface area (Å²) < 4.78 is 217. The number of hydrazine groups is 1. The van der Waals surface area contributed by atoms with Gasteiger partial charge in [-0.3, -0.25) is 44.4 Å². The predicted molar refractivity (Wildman–Crippen MR) is 521 cm³/mol. The topological polar surface area (TPSA) is 398 Å². The number of alkyl halides is 9. The number of rotatable bonds is 24. The van der Waals surface area contributed by atoms with Crippen molar-refractivity contribution in [3.05, 3.63) is 252 Å². The van der Waals surface area contributed by atoms with Gasteiger partial charge in [0, 0.05) is 80.4 Å². The molecule has 0 unspecified atom stereocenters. The van der Waals surface area contributed by atoms with E-state index in [1.807, 2.05) is 10.9 Å². The number of esters is 5. The second-order valence-corrected chi connectivity index (χ2v) is 40.6. The zero-order valence-corrected chi connectivity index (χ0v) is 88.1. The van der Waals surface area contributed by atoms with Crippen molar-refractivity contribution in [1.29, 1.82) is 0 Å². The number of ether oxygens (including phenoxy) is 5. The van der Waals surface area contributed by atoms with Crippen molar-refractivity contribution < 1.29 is 163 Å². The molecule has 0 aliphatic carbocycles. The number of carboxylic acid groups (broad SMARTS) is 2. The van der Waals surface area contributed by atoms with Gasteiger partial charge in [0.1, 0.15) is 78.6 Å². The Kier molecular flexibility index (Phi) is 43.0. The number of halogens is 22. The molecule has 2 amide bonds. The number of aryl methyl sites for hydroxylation is 5. The average Bonchev–Trinajstić information content (AvgIpc) is 1.62. The molecule has 8 heterocycles. The van der Waals surface area contributed by atoms with E-state index in [1.165, 1.54) is 48.8 Å². The normalized spacial score (nSPS) is 11.7. The number of carbonyl (C=O) groups excluding carboxylic acids is 7. The second kappa shape index (κ2) is 51.5. The summed E-state index contributed by atoms with van der Waals surface area (Å²) in [5.74, 6) is -10.2. The molecule has 0 radical (unpaired) electrons. The van der Waals surface area contributed by atoms with Crippen LogP contribution in [0.3, 0.4) is 0 Å². The minimum absolute atomic E-state index is 0. The van der Waals surface area contributed by atoms with E-state index >= 15 is 0 Å². The molecule has 794 valence electrons. The monoisotopic (exact) mass is 2280 g/mol. The van der Waals surface area contributed by atoms with E-state index in [0.29, 0.717) is 12.3 Å². The number of hydrogen-bond acceptors (Lipinski definition) is 24. The molecule has 0 fully saturated rings. The quantitative estimate of drug-likeness (QED) is 0.0143. The number of aromatic carboxylic acids is 1. The fourth-order valence-electron chi connectivity index (χ4n) is 12.8. The largest absolute Gasteiger partial charge is 1.00 e. The van der Waals surface area contributed by atoms with Crippen LogP contribution in [0.4, 0.5) is 61.5 Å². The Labute approximate surface area is 898 Å². The molecule has 0 bridgehead atoms. The summed E-state index contributed by atoms with van der Waals surface area (Å²) in [4.78, 5) is 117. The van der Waals surface area contributed by atoms with Crippen LogP contribution < -0.4 is 29.7 Å². The minimum Gasteiger partial charge on any atom is -0.870 e. The smallest absolute Gasteiger partial charge is 0.870 e. The number of imidazole rings is 3. The van der Waals surface area contributed by atoms with Gasteiger partial charge in [0.25, 0.3) is 11.8 Å². The van der Waals surface area contributed by atoms with E-state index in [2.05, 4.69) is 35.3 Å². The van der Waals surface area contributed by atoms with Crippen LogP contribution in [0.15, 0.2) is 116 Å². The van der Waals surface area contributed by atoms with Gasteiger partial charge < -0.3 is 52.6 Å². The number of aliphatic carboxylic acids is 1. The third kappa shape index (κ3) is 36.1. The number of pyridine rings is 3. The van der Waals surface area contributed by atoms with E-state index in [1.54, 1.807) is 90.0 Å². The van der Waals surface area contributed by atoms with Crippen LogP contribution in [0.5, 0.6) is 0 Å². The van der Waals surface area contributed by atoms with Crippen molar-refractivity contribution in [2.45, 2.75) is 195 Å². The van der Waals surface area contributed by atoms with Crippen LogP contribution in [0.2, 0.25) is 40.2 Å². The number of nitrogens with one attached hydrogen (secondary N) is 2. The summed E-state index contributed by atoms with van der Waals surface area (Å²) in [6.45, 7) is 22.7. The molecule has 149 heavy (non-hydrogen) atoms. The molecule has 5 aromatic carbocycles. The van der Waals surface area contributed by atoms with Crippen molar-refractivity contribution in [2.75, 3.05) is 6.61 Å². The van der Waals surface area contributed by atoms with Gasteiger partial charge in [-0.25, -0.2) is 46.5 Å². The zero-order chi connectivity index (χ0) is 110. The predicted octanol–water partition coefficient (Wildman–Crippen LogP) is 22.6. The summed E-state index contributed by atoms with van der Waals surface area (Å²) in [6.07, 6.45) is -7.75. The van der Waals surface area contributed by atoms with Gasteiger partial charge in [0.05, 0.1) is 80.2 Å².